The van der Waals surface area contributed by atoms with E-state index in [1.54, 1.807) is 24.3 Å². The summed E-state index contributed by atoms with van der Waals surface area (Å²) in [5.74, 6) is 0. The lowest BCUT2D eigenvalue weighted by atomic mass is 10.1. The first-order chi connectivity index (χ1) is 9.38. The largest absolute Gasteiger partial charge is 0.376 e. The predicted molar refractivity (Wildman–Crippen MR) is 90.0 cm³/mol. The maximum absolute atomic E-state index is 6.14. The Morgan fingerprint density at radius 2 is 1.40 bits per heavy atom. The molecule has 0 aliphatic heterocycles. The summed E-state index contributed by atoms with van der Waals surface area (Å²) in [6, 6.07) is 8.68. The second-order valence-corrected chi connectivity index (χ2v) is 6.35. The van der Waals surface area contributed by atoms with Gasteiger partial charge in [-0.2, -0.15) is 0 Å². The van der Waals surface area contributed by atoms with Crippen LogP contribution in [0.25, 0.3) is 0 Å². The number of hydrogen-bond donors (Lipinski definition) is 1. The fraction of sp³-hybridized carbons (Fsp3) is 0.143. The van der Waals surface area contributed by atoms with E-state index >= 15 is 0 Å². The lowest BCUT2D eigenvalue weighted by molar-refractivity contribution is 0.885. The van der Waals surface area contributed by atoms with Crippen molar-refractivity contribution in [1.82, 2.24) is 0 Å². The van der Waals surface area contributed by atoms with E-state index in [2.05, 4.69) is 5.32 Å². The van der Waals surface area contributed by atoms with Crippen molar-refractivity contribution in [2.24, 2.45) is 0 Å². The number of benzene rings is 2. The molecule has 0 fully saturated rings. The molecule has 0 saturated heterocycles. The monoisotopic (exact) mass is 367 g/mol. The standard InChI is InChI=1S/C14H10Cl5N/c1-7(8-2-3-10(16)11(17)4-8)20-14-12(18)5-9(15)6-13(14)19/h2-7,20H,1H3. The highest BCUT2D eigenvalue weighted by Crippen LogP contribution is 2.36. The summed E-state index contributed by atoms with van der Waals surface area (Å²) >= 11 is 30.1. The summed E-state index contributed by atoms with van der Waals surface area (Å²) in [5.41, 5.74) is 1.61. The molecule has 0 bridgehead atoms. The van der Waals surface area contributed by atoms with Crippen LogP contribution in [-0.4, -0.2) is 0 Å². The van der Waals surface area contributed by atoms with Crippen molar-refractivity contribution in [1.29, 1.82) is 0 Å². The minimum absolute atomic E-state index is 0.0408. The number of halogens is 5. The molecule has 20 heavy (non-hydrogen) atoms. The number of anilines is 1. The smallest absolute Gasteiger partial charge is 0.0724 e. The average Bonchev–Trinajstić information content (AvgIpc) is 2.36. The highest BCUT2D eigenvalue weighted by atomic mass is 35.5. The molecule has 0 spiro atoms. The van der Waals surface area contributed by atoms with E-state index in [0.717, 1.165) is 5.56 Å². The molecule has 1 atom stereocenters. The van der Waals surface area contributed by atoms with Gasteiger partial charge < -0.3 is 5.32 Å². The molecule has 2 aromatic carbocycles. The molecule has 2 rings (SSSR count). The summed E-state index contributed by atoms with van der Waals surface area (Å²) < 4.78 is 0. The Bertz CT molecular complexity index is 618. The first-order valence-electron chi connectivity index (χ1n) is 5.74. The minimum atomic E-state index is -0.0408. The van der Waals surface area contributed by atoms with Crippen LogP contribution < -0.4 is 5.32 Å². The third-order valence-electron chi connectivity index (χ3n) is 2.81. The van der Waals surface area contributed by atoms with Gasteiger partial charge in [-0.05, 0) is 36.8 Å². The zero-order chi connectivity index (χ0) is 14.9. The van der Waals surface area contributed by atoms with Crippen LogP contribution in [0.2, 0.25) is 25.1 Å². The molecule has 106 valence electrons. The second-order valence-electron chi connectivity index (χ2n) is 4.28. The van der Waals surface area contributed by atoms with Gasteiger partial charge in [-0.25, -0.2) is 0 Å². The van der Waals surface area contributed by atoms with Crippen molar-refractivity contribution < 1.29 is 0 Å². The molecule has 0 aromatic heterocycles. The van der Waals surface area contributed by atoms with Gasteiger partial charge in [0, 0.05) is 11.1 Å². The molecule has 0 radical (unpaired) electrons. The van der Waals surface area contributed by atoms with Crippen molar-refractivity contribution >= 4 is 63.7 Å². The van der Waals surface area contributed by atoms with Crippen LogP contribution in [0.15, 0.2) is 30.3 Å². The molecule has 0 aliphatic carbocycles. The van der Waals surface area contributed by atoms with Gasteiger partial charge in [-0.3, -0.25) is 0 Å². The summed E-state index contributed by atoms with van der Waals surface area (Å²) in [7, 11) is 0. The van der Waals surface area contributed by atoms with Gasteiger partial charge in [-0.1, -0.05) is 64.1 Å². The molecule has 1 unspecified atom stereocenters. The molecular formula is C14H10Cl5N. The fourth-order valence-electron chi connectivity index (χ4n) is 1.76. The van der Waals surface area contributed by atoms with Gasteiger partial charge in [0.25, 0.3) is 0 Å². The summed E-state index contributed by atoms with van der Waals surface area (Å²) in [6.45, 7) is 1.97. The summed E-state index contributed by atoms with van der Waals surface area (Å²) in [6.07, 6.45) is 0. The minimum Gasteiger partial charge on any atom is -0.376 e. The SMILES string of the molecule is CC(Nc1c(Cl)cc(Cl)cc1Cl)c1ccc(Cl)c(Cl)c1. The zero-order valence-electron chi connectivity index (χ0n) is 10.4. The lowest BCUT2D eigenvalue weighted by Crippen LogP contribution is -2.07. The third-order valence-corrected chi connectivity index (χ3v) is 4.36. The molecular weight excluding hydrogens is 359 g/mol. The van der Waals surface area contributed by atoms with E-state index in [1.807, 2.05) is 13.0 Å². The van der Waals surface area contributed by atoms with E-state index in [0.29, 0.717) is 30.8 Å². The Balaban J connectivity index is 2.27. The van der Waals surface area contributed by atoms with Crippen LogP contribution in [0.3, 0.4) is 0 Å². The van der Waals surface area contributed by atoms with Crippen LogP contribution in [0.1, 0.15) is 18.5 Å². The van der Waals surface area contributed by atoms with Gasteiger partial charge in [0.05, 0.1) is 25.8 Å². The van der Waals surface area contributed by atoms with Crippen LogP contribution >= 0.6 is 58.0 Å². The normalized spacial score (nSPS) is 12.3. The van der Waals surface area contributed by atoms with Gasteiger partial charge in [0.2, 0.25) is 0 Å². The molecule has 1 nitrogen and oxygen atoms in total. The highest BCUT2D eigenvalue weighted by Gasteiger charge is 2.13. The maximum atomic E-state index is 6.14. The first kappa shape index (κ1) is 16.1. The molecule has 2 aromatic rings. The van der Waals surface area contributed by atoms with Gasteiger partial charge in [-0.15, -0.1) is 0 Å². The van der Waals surface area contributed by atoms with E-state index in [1.165, 1.54) is 0 Å². The molecule has 6 heteroatoms. The highest BCUT2D eigenvalue weighted by molar-refractivity contribution is 6.42. The van der Waals surface area contributed by atoms with Crippen molar-refractivity contribution in [2.45, 2.75) is 13.0 Å². The number of rotatable bonds is 3. The van der Waals surface area contributed by atoms with Crippen LogP contribution in [0.5, 0.6) is 0 Å². The zero-order valence-corrected chi connectivity index (χ0v) is 14.1. The van der Waals surface area contributed by atoms with Crippen molar-refractivity contribution in [3.63, 3.8) is 0 Å². The summed E-state index contributed by atoms with van der Waals surface area (Å²) in [5, 5.41) is 5.70. The van der Waals surface area contributed by atoms with Crippen molar-refractivity contribution in [3.05, 3.63) is 61.0 Å². The quantitative estimate of drug-likeness (QED) is 0.607. The molecule has 0 saturated carbocycles. The molecule has 0 aliphatic rings. The van der Waals surface area contributed by atoms with Gasteiger partial charge >= 0.3 is 0 Å². The average molecular weight is 370 g/mol. The van der Waals surface area contributed by atoms with E-state index < -0.39 is 0 Å². The predicted octanol–water partition coefficient (Wildman–Crippen LogP) is 7.13. The lowest BCUT2D eigenvalue weighted by Gasteiger charge is -2.18. The van der Waals surface area contributed by atoms with Gasteiger partial charge in [0.1, 0.15) is 0 Å². The Morgan fingerprint density at radius 3 is 1.95 bits per heavy atom. The Kier molecular flexibility index (Phi) is 5.33. The van der Waals surface area contributed by atoms with Crippen LogP contribution in [0, 0.1) is 0 Å². The third kappa shape index (κ3) is 3.66. The fourth-order valence-corrected chi connectivity index (χ4v) is 2.99. The Morgan fingerprint density at radius 1 is 0.800 bits per heavy atom. The summed E-state index contributed by atoms with van der Waals surface area (Å²) in [4.78, 5) is 0. The Labute approximate surface area is 142 Å². The van der Waals surface area contributed by atoms with E-state index in [-0.39, 0.29) is 6.04 Å². The first-order valence-corrected chi connectivity index (χ1v) is 7.63. The Hall–Kier alpha value is -0.310. The maximum Gasteiger partial charge on any atom is 0.0724 e. The van der Waals surface area contributed by atoms with Crippen LogP contribution in [0.4, 0.5) is 5.69 Å². The van der Waals surface area contributed by atoms with Crippen molar-refractivity contribution in [3.8, 4) is 0 Å². The number of hydrogen-bond acceptors (Lipinski definition) is 1. The van der Waals surface area contributed by atoms with E-state index in [9.17, 15) is 0 Å². The van der Waals surface area contributed by atoms with Crippen molar-refractivity contribution in [2.75, 3.05) is 5.32 Å². The topological polar surface area (TPSA) is 12.0 Å². The molecule has 0 heterocycles. The van der Waals surface area contributed by atoms with E-state index in [4.69, 9.17) is 58.0 Å². The molecule has 0 amide bonds. The van der Waals surface area contributed by atoms with Gasteiger partial charge in [0.15, 0.2) is 0 Å². The second kappa shape index (κ2) is 6.64. The number of nitrogens with one attached hydrogen (secondary N) is 1. The van der Waals surface area contributed by atoms with Crippen LogP contribution in [-0.2, 0) is 0 Å². The molecule has 1 N–H and O–H groups in total.